The first-order valence-corrected chi connectivity index (χ1v) is 20.2. The fraction of sp³-hybridized carbons (Fsp3) is 0.860. The van der Waals surface area contributed by atoms with Gasteiger partial charge in [0.25, 0.3) is 0 Å². The van der Waals surface area contributed by atoms with E-state index in [0.717, 1.165) is 17.8 Å². The average molecular weight is 645 g/mol. The monoisotopic (exact) mass is 644 g/mol. The molecule has 0 N–H and O–H groups in total. The molecule has 10 aliphatic carbocycles. The van der Waals surface area contributed by atoms with E-state index in [1.165, 1.54) is 102 Å². The van der Waals surface area contributed by atoms with Gasteiger partial charge < -0.3 is 9.47 Å². The second-order valence-electron chi connectivity index (χ2n) is 19.4. The molecule has 0 amide bonds. The average Bonchev–Trinajstić information content (AvgIpc) is 3.02. The van der Waals surface area contributed by atoms with Crippen LogP contribution < -0.4 is 0 Å². The first-order chi connectivity index (χ1) is 22.4. The number of carbonyl (C=O) groups is 2. The van der Waals surface area contributed by atoms with E-state index in [-0.39, 0.29) is 23.1 Å². The highest BCUT2D eigenvalue weighted by Crippen LogP contribution is 2.73. The van der Waals surface area contributed by atoms with Crippen molar-refractivity contribution in [2.24, 2.45) is 88.3 Å². The van der Waals surface area contributed by atoms with Gasteiger partial charge in [0.05, 0.1) is 0 Å². The van der Waals surface area contributed by atoms with E-state index in [9.17, 15) is 9.59 Å². The van der Waals surface area contributed by atoms with Gasteiger partial charge in [-0.05, 0) is 155 Å². The molecular formula is C43H64O4. The van der Waals surface area contributed by atoms with Crippen LogP contribution in [-0.4, -0.2) is 23.1 Å². The lowest BCUT2D eigenvalue weighted by Crippen LogP contribution is -2.69. The number of hydrogen-bond acceptors (Lipinski definition) is 4. The van der Waals surface area contributed by atoms with Gasteiger partial charge in [0, 0.05) is 35.3 Å². The molecule has 0 aromatic heterocycles. The molecule has 9 unspecified atom stereocenters. The highest BCUT2D eigenvalue weighted by Gasteiger charge is 2.70. The zero-order valence-electron chi connectivity index (χ0n) is 30.3. The second-order valence-corrected chi connectivity index (χ2v) is 19.4. The Balaban J connectivity index is 1.09. The van der Waals surface area contributed by atoms with Crippen LogP contribution in [0.25, 0.3) is 0 Å². The molecule has 10 saturated carbocycles. The first kappa shape index (κ1) is 32.6. The maximum Gasteiger partial charge on any atom is 0.333 e. The fourth-order valence-electron chi connectivity index (χ4n) is 15.9. The minimum Gasteiger partial charge on any atom is -0.455 e. The second kappa shape index (κ2) is 11.5. The van der Waals surface area contributed by atoms with Crippen molar-refractivity contribution in [1.29, 1.82) is 0 Å². The van der Waals surface area contributed by atoms with Crippen molar-refractivity contribution >= 4 is 11.9 Å². The van der Waals surface area contributed by atoms with Crippen LogP contribution in [0.5, 0.6) is 0 Å². The van der Waals surface area contributed by atoms with Gasteiger partial charge >= 0.3 is 11.9 Å². The molecule has 0 heterocycles. The summed E-state index contributed by atoms with van der Waals surface area (Å²) in [6.45, 7) is 19.8. The Morgan fingerprint density at radius 2 is 1.17 bits per heavy atom. The van der Waals surface area contributed by atoms with Gasteiger partial charge in [-0.1, -0.05) is 53.7 Å². The summed E-state index contributed by atoms with van der Waals surface area (Å²) in [4.78, 5) is 26.6. The van der Waals surface area contributed by atoms with Crippen LogP contribution in [0, 0.1) is 88.3 Å². The summed E-state index contributed by atoms with van der Waals surface area (Å²) in [5.74, 6) is 8.13. The lowest BCUT2D eigenvalue weighted by atomic mass is 9.37. The minimum absolute atomic E-state index is 0.144. The zero-order chi connectivity index (χ0) is 33.0. The summed E-state index contributed by atoms with van der Waals surface area (Å²) < 4.78 is 13.7. The van der Waals surface area contributed by atoms with Crippen molar-refractivity contribution < 1.29 is 19.1 Å². The summed E-state index contributed by atoms with van der Waals surface area (Å²) in [7, 11) is 0. The molecule has 10 rings (SSSR count). The SMILES string of the molecule is C=CC(=O)OC1(C2CCC(C34CC5CC(C3)C(OC(=O)C(=C)C)(C3CCCC(C)C3C)C(C5)C4)C(C)C2C)C2CC3CC(C2)CC1C3. The van der Waals surface area contributed by atoms with Gasteiger partial charge in [-0.3, -0.25) is 0 Å². The summed E-state index contributed by atoms with van der Waals surface area (Å²) in [5, 5.41) is 0. The molecule has 0 radical (unpaired) electrons. The molecule has 8 bridgehead atoms. The molecule has 0 aromatic rings. The number of hydrogen-bond donors (Lipinski definition) is 0. The van der Waals surface area contributed by atoms with E-state index in [1.807, 2.05) is 6.92 Å². The van der Waals surface area contributed by atoms with Gasteiger partial charge in [-0.25, -0.2) is 9.59 Å². The van der Waals surface area contributed by atoms with Crippen molar-refractivity contribution in [3.05, 3.63) is 24.8 Å². The third-order valence-corrected chi connectivity index (χ3v) is 17.5. The lowest BCUT2D eigenvalue weighted by Gasteiger charge is -2.70. The van der Waals surface area contributed by atoms with E-state index in [1.54, 1.807) is 0 Å². The molecule has 4 heteroatoms. The Morgan fingerprint density at radius 3 is 1.77 bits per heavy atom. The molecule has 10 aliphatic rings. The summed E-state index contributed by atoms with van der Waals surface area (Å²) in [5.41, 5.74) is 0.298. The lowest BCUT2D eigenvalue weighted by molar-refractivity contribution is -0.271. The van der Waals surface area contributed by atoms with Gasteiger partial charge in [0.2, 0.25) is 0 Å². The van der Waals surface area contributed by atoms with E-state index >= 15 is 0 Å². The Morgan fingerprint density at radius 1 is 0.638 bits per heavy atom. The van der Waals surface area contributed by atoms with Crippen molar-refractivity contribution in [2.45, 2.75) is 142 Å². The van der Waals surface area contributed by atoms with Gasteiger partial charge in [-0.2, -0.15) is 0 Å². The van der Waals surface area contributed by atoms with Crippen LogP contribution in [0.15, 0.2) is 24.8 Å². The number of rotatable bonds is 7. The molecule has 0 spiro atoms. The minimum atomic E-state index is -0.320. The maximum absolute atomic E-state index is 13.5. The summed E-state index contributed by atoms with van der Waals surface area (Å²) in [6.07, 6.45) is 20.4. The van der Waals surface area contributed by atoms with Gasteiger partial charge in [0.1, 0.15) is 11.2 Å². The third-order valence-electron chi connectivity index (χ3n) is 17.5. The molecular weight excluding hydrogens is 580 g/mol. The van der Waals surface area contributed by atoms with E-state index in [4.69, 9.17) is 9.47 Å². The highest BCUT2D eigenvalue weighted by atomic mass is 16.6. The largest absolute Gasteiger partial charge is 0.455 e. The molecule has 9 atom stereocenters. The maximum atomic E-state index is 13.5. The Bertz CT molecular complexity index is 1250. The molecule has 0 aliphatic heterocycles. The molecule has 0 saturated heterocycles. The van der Waals surface area contributed by atoms with Crippen molar-refractivity contribution in [1.82, 2.24) is 0 Å². The first-order valence-electron chi connectivity index (χ1n) is 20.2. The van der Waals surface area contributed by atoms with Crippen LogP contribution in [-0.2, 0) is 19.1 Å². The van der Waals surface area contributed by atoms with E-state index in [2.05, 4.69) is 40.9 Å². The predicted octanol–water partition coefficient (Wildman–Crippen LogP) is 9.97. The van der Waals surface area contributed by atoms with Crippen LogP contribution in [0.4, 0.5) is 0 Å². The van der Waals surface area contributed by atoms with Crippen LogP contribution in [0.3, 0.4) is 0 Å². The molecule has 0 aromatic carbocycles. The van der Waals surface area contributed by atoms with Crippen molar-refractivity contribution in [2.75, 3.05) is 0 Å². The number of ether oxygens (including phenoxy) is 2. The van der Waals surface area contributed by atoms with Gasteiger partial charge in [0.15, 0.2) is 0 Å². The number of esters is 2. The third kappa shape index (κ3) is 4.70. The Labute approximate surface area is 285 Å². The summed E-state index contributed by atoms with van der Waals surface area (Å²) >= 11 is 0. The quantitative estimate of drug-likeness (QED) is 0.204. The number of carbonyl (C=O) groups excluding carboxylic acids is 2. The Kier molecular flexibility index (Phi) is 7.96. The molecule has 260 valence electrons. The highest BCUT2D eigenvalue weighted by molar-refractivity contribution is 5.87. The fourth-order valence-corrected chi connectivity index (χ4v) is 15.9. The summed E-state index contributed by atoms with van der Waals surface area (Å²) in [6, 6.07) is 0. The Hall–Kier alpha value is -1.58. The van der Waals surface area contributed by atoms with E-state index < -0.39 is 0 Å². The smallest absolute Gasteiger partial charge is 0.333 e. The molecule has 4 nitrogen and oxygen atoms in total. The normalized spacial score (nSPS) is 54.2. The predicted molar refractivity (Wildman–Crippen MR) is 186 cm³/mol. The van der Waals surface area contributed by atoms with E-state index in [0.29, 0.717) is 76.1 Å². The van der Waals surface area contributed by atoms with Crippen LogP contribution in [0.2, 0.25) is 0 Å². The van der Waals surface area contributed by atoms with Crippen molar-refractivity contribution in [3.8, 4) is 0 Å². The molecule has 10 fully saturated rings. The molecule has 47 heavy (non-hydrogen) atoms. The van der Waals surface area contributed by atoms with Crippen LogP contribution >= 0.6 is 0 Å². The standard InChI is InChI=1S/C43H64O4/c1-8-39(44)46-42(32-15-29-14-30(17-32)18-33(42)16-29)38-13-12-36(27(6)28(38)7)41-21-31-19-34(22-41)43(35(20-31)23-41,47-40(45)24(2)3)37-11-9-10-25(4)26(37)5/h8,25-38H,1-2,9-23H2,3-7H3. The zero-order valence-corrected chi connectivity index (χ0v) is 30.3. The van der Waals surface area contributed by atoms with Gasteiger partial charge in [-0.15, -0.1) is 0 Å². The topological polar surface area (TPSA) is 52.6 Å². The van der Waals surface area contributed by atoms with Crippen LogP contribution in [0.1, 0.15) is 131 Å². The van der Waals surface area contributed by atoms with Crippen molar-refractivity contribution in [3.63, 3.8) is 0 Å².